The normalized spacial score (nSPS) is 10.5. The summed E-state index contributed by atoms with van der Waals surface area (Å²) in [6.07, 6.45) is 2.78. The molecule has 0 radical (unpaired) electrons. The Labute approximate surface area is 143 Å². The van der Waals surface area contributed by atoms with Crippen molar-refractivity contribution in [3.8, 4) is 0 Å². The molecule has 0 spiro atoms. The van der Waals surface area contributed by atoms with Crippen molar-refractivity contribution in [2.45, 2.75) is 19.3 Å². The highest BCUT2D eigenvalue weighted by molar-refractivity contribution is 7.15. The quantitative estimate of drug-likeness (QED) is 0.734. The largest absolute Gasteiger partial charge is 0.296 e. The fourth-order valence-corrected chi connectivity index (χ4v) is 3.04. The third-order valence-electron chi connectivity index (χ3n) is 3.49. The van der Waals surface area contributed by atoms with Gasteiger partial charge >= 0.3 is 0 Å². The summed E-state index contributed by atoms with van der Waals surface area (Å²) in [6, 6.07) is 15.7. The summed E-state index contributed by atoms with van der Waals surface area (Å²) in [4.78, 5) is 12.0. The summed E-state index contributed by atoms with van der Waals surface area (Å²) in [5, 5.41) is 12.1. The standard InChI is InChI=1S/C18H16FN3OS/c19-15-11-9-14(10-12-15)17(23)20-18-22-21-16(24-18)8-4-7-13-5-2-1-3-6-13/h1-3,5-6,9-12H,4,7-8H2,(H,20,22,23). The molecular formula is C18H16FN3OS. The van der Waals surface area contributed by atoms with Crippen LogP contribution >= 0.6 is 11.3 Å². The average Bonchev–Trinajstić information content (AvgIpc) is 3.04. The molecule has 0 saturated carbocycles. The molecular weight excluding hydrogens is 325 g/mol. The second-order valence-electron chi connectivity index (χ2n) is 5.30. The predicted octanol–water partition coefficient (Wildman–Crippen LogP) is 4.10. The first-order valence-corrected chi connectivity index (χ1v) is 8.45. The van der Waals surface area contributed by atoms with Crippen molar-refractivity contribution < 1.29 is 9.18 Å². The topological polar surface area (TPSA) is 54.9 Å². The SMILES string of the molecule is O=C(Nc1nnc(CCCc2ccccc2)s1)c1ccc(F)cc1. The lowest BCUT2D eigenvalue weighted by Gasteiger charge is -2.00. The zero-order chi connectivity index (χ0) is 16.8. The van der Waals surface area contributed by atoms with Crippen LogP contribution in [0.25, 0.3) is 0 Å². The maximum absolute atomic E-state index is 12.9. The molecule has 0 bridgehead atoms. The Kier molecular flexibility index (Phi) is 5.28. The van der Waals surface area contributed by atoms with Gasteiger partial charge in [0.25, 0.3) is 5.91 Å². The number of benzene rings is 2. The molecule has 4 nitrogen and oxygen atoms in total. The van der Waals surface area contributed by atoms with Crippen LogP contribution < -0.4 is 5.32 Å². The van der Waals surface area contributed by atoms with E-state index >= 15 is 0 Å². The van der Waals surface area contributed by atoms with Gasteiger partial charge in [-0.15, -0.1) is 10.2 Å². The van der Waals surface area contributed by atoms with E-state index < -0.39 is 0 Å². The lowest BCUT2D eigenvalue weighted by Crippen LogP contribution is -2.11. The number of anilines is 1. The van der Waals surface area contributed by atoms with Crippen LogP contribution in [0.5, 0.6) is 0 Å². The van der Waals surface area contributed by atoms with Gasteiger partial charge < -0.3 is 0 Å². The minimum absolute atomic E-state index is 0.318. The van der Waals surface area contributed by atoms with Crippen molar-refractivity contribution in [2.24, 2.45) is 0 Å². The van der Waals surface area contributed by atoms with Gasteiger partial charge in [-0.1, -0.05) is 41.7 Å². The molecule has 2 aromatic carbocycles. The molecule has 24 heavy (non-hydrogen) atoms. The third-order valence-corrected chi connectivity index (χ3v) is 4.39. The van der Waals surface area contributed by atoms with Crippen LogP contribution in [0.15, 0.2) is 54.6 Å². The number of aryl methyl sites for hydroxylation is 2. The molecule has 0 saturated heterocycles. The summed E-state index contributed by atoms with van der Waals surface area (Å²) < 4.78 is 12.9. The van der Waals surface area contributed by atoms with Crippen LogP contribution in [0.1, 0.15) is 27.3 Å². The van der Waals surface area contributed by atoms with E-state index in [-0.39, 0.29) is 11.7 Å². The Morgan fingerprint density at radius 3 is 2.50 bits per heavy atom. The first kappa shape index (κ1) is 16.3. The molecule has 1 N–H and O–H groups in total. The van der Waals surface area contributed by atoms with Crippen molar-refractivity contribution in [1.82, 2.24) is 10.2 Å². The Hall–Kier alpha value is -2.60. The summed E-state index contributed by atoms with van der Waals surface area (Å²) in [6.45, 7) is 0. The molecule has 0 unspecified atom stereocenters. The fraction of sp³-hybridized carbons (Fsp3) is 0.167. The van der Waals surface area contributed by atoms with Crippen LogP contribution in [-0.2, 0) is 12.8 Å². The van der Waals surface area contributed by atoms with E-state index in [2.05, 4.69) is 27.6 Å². The monoisotopic (exact) mass is 341 g/mol. The predicted molar refractivity (Wildman–Crippen MR) is 92.7 cm³/mol. The van der Waals surface area contributed by atoms with Crippen LogP contribution in [0.4, 0.5) is 9.52 Å². The molecule has 0 atom stereocenters. The lowest BCUT2D eigenvalue weighted by molar-refractivity contribution is 0.102. The van der Waals surface area contributed by atoms with Crippen molar-refractivity contribution in [2.75, 3.05) is 5.32 Å². The molecule has 1 heterocycles. The number of aromatic nitrogens is 2. The van der Waals surface area contributed by atoms with Gasteiger partial charge in [-0.25, -0.2) is 4.39 Å². The fourth-order valence-electron chi connectivity index (χ4n) is 2.26. The summed E-state index contributed by atoms with van der Waals surface area (Å²) >= 11 is 1.37. The third kappa shape index (κ3) is 4.45. The van der Waals surface area contributed by atoms with Crippen LogP contribution in [0, 0.1) is 5.82 Å². The number of nitrogens with zero attached hydrogens (tertiary/aromatic N) is 2. The summed E-state index contributed by atoms with van der Waals surface area (Å²) in [5.41, 5.74) is 1.68. The maximum Gasteiger partial charge on any atom is 0.257 e. The minimum atomic E-state index is -0.372. The highest BCUT2D eigenvalue weighted by atomic mass is 32.1. The van der Waals surface area contributed by atoms with E-state index in [4.69, 9.17) is 0 Å². The number of hydrogen-bond acceptors (Lipinski definition) is 4. The number of halogens is 1. The highest BCUT2D eigenvalue weighted by Crippen LogP contribution is 2.18. The molecule has 6 heteroatoms. The van der Waals surface area contributed by atoms with Crippen LogP contribution in [0.3, 0.4) is 0 Å². The van der Waals surface area contributed by atoms with Crippen molar-refractivity contribution in [3.05, 3.63) is 76.5 Å². The first-order chi connectivity index (χ1) is 11.7. The molecule has 1 aromatic heterocycles. The van der Waals surface area contributed by atoms with Crippen molar-refractivity contribution >= 4 is 22.4 Å². The summed E-state index contributed by atoms with van der Waals surface area (Å²) in [5.74, 6) is -0.690. The Balaban J connectivity index is 1.51. The number of rotatable bonds is 6. The molecule has 3 rings (SSSR count). The number of carbonyl (C=O) groups is 1. The molecule has 0 aliphatic heterocycles. The average molecular weight is 341 g/mol. The molecule has 0 aliphatic rings. The molecule has 0 fully saturated rings. The Bertz CT molecular complexity index is 803. The van der Waals surface area contributed by atoms with Crippen molar-refractivity contribution in [3.63, 3.8) is 0 Å². The van der Waals surface area contributed by atoms with E-state index in [1.807, 2.05) is 18.2 Å². The highest BCUT2D eigenvalue weighted by Gasteiger charge is 2.10. The van der Waals surface area contributed by atoms with Gasteiger partial charge in [0.1, 0.15) is 10.8 Å². The van der Waals surface area contributed by atoms with Gasteiger partial charge in [0, 0.05) is 12.0 Å². The Morgan fingerprint density at radius 2 is 1.75 bits per heavy atom. The second-order valence-corrected chi connectivity index (χ2v) is 6.36. The van der Waals surface area contributed by atoms with Gasteiger partial charge in [-0.2, -0.15) is 0 Å². The van der Waals surface area contributed by atoms with Crippen LogP contribution in [-0.4, -0.2) is 16.1 Å². The molecule has 122 valence electrons. The van der Waals surface area contributed by atoms with Gasteiger partial charge in [-0.3, -0.25) is 10.1 Å². The molecule has 0 aliphatic carbocycles. The smallest absolute Gasteiger partial charge is 0.257 e. The van der Waals surface area contributed by atoms with Crippen LogP contribution in [0.2, 0.25) is 0 Å². The van der Waals surface area contributed by atoms with E-state index in [1.54, 1.807) is 0 Å². The minimum Gasteiger partial charge on any atom is -0.296 e. The zero-order valence-corrected chi connectivity index (χ0v) is 13.7. The Morgan fingerprint density at radius 1 is 1.00 bits per heavy atom. The van der Waals surface area contributed by atoms with Gasteiger partial charge in [-0.05, 0) is 42.7 Å². The van der Waals surface area contributed by atoms with Gasteiger partial charge in [0.15, 0.2) is 0 Å². The van der Waals surface area contributed by atoms with E-state index in [1.165, 1.54) is 41.2 Å². The van der Waals surface area contributed by atoms with E-state index in [0.717, 1.165) is 24.3 Å². The first-order valence-electron chi connectivity index (χ1n) is 7.64. The number of nitrogens with one attached hydrogen (secondary N) is 1. The lowest BCUT2D eigenvalue weighted by atomic mass is 10.1. The number of amides is 1. The van der Waals surface area contributed by atoms with Crippen molar-refractivity contribution in [1.29, 1.82) is 0 Å². The molecule has 3 aromatic rings. The molecule has 1 amide bonds. The van der Waals surface area contributed by atoms with Gasteiger partial charge in [0.2, 0.25) is 5.13 Å². The summed E-state index contributed by atoms with van der Waals surface area (Å²) in [7, 11) is 0. The van der Waals surface area contributed by atoms with E-state index in [0.29, 0.717) is 10.7 Å². The van der Waals surface area contributed by atoms with E-state index in [9.17, 15) is 9.18 Å². The zero-order valence-electron chi connectivity index (χ0n) is 12.9. The maximum atomic E-state index is 12.9. The number of carbonyl (C=O) groups excluding carboxylic acids is 1. The second kappa shape index (κ2) is 7.79. The van der Waals surface area contributed by atoms with Gasteiger partial charge in [0.05, 0.1) is 0 Å². The number of hydrogen-bond donors (Lipinski definition) is 1.